The number of carbonyl (C=O) groups excluding carboxylic acids is 1. The fourth-order valence-corrected chi connectivity index (χ4v) is 3.49. The number of pyridine rings is 2. The van der Waals surface area contributed by atoms with E-state index < -0.39 is 11.5 Å². The van der Waals surface area contributed by atoms with Gasteiger partial charge >= 0.3 is 51.4 Å². The van der Waals surface area contributed by atoms with Crippen LogP contribution in [0.1, 0.15) is 45.8 Å². The number of hydrogen-bond acceptors (Lipinski definition) is 4. The first-order valence-electron chi connectivity index (χ1n) is 8.42. The standard InChI is InChI=1S/C21H16N2O3.K/c1-12-16(14-4-2-13(11-22)3-5-14)8-9-23-19(12)17(15-6-7-15)10-18(20(23)24)21(25)26;/h2-5,8-10,15H,6-7H2,1H3,(H,25,26);/q;+1/p-1. The normalized spacial score (nSPS) is 13.0. The van der Waals surface area contributed by atoms with Crippen LogP contribution >= 0.6 is 0 Å². The van der Waals surface area contributed by atoms with Gasteiger partial charge in [0.1, 0.15) is 0 Å². The predicted octanol–water partition coefficient (Wildman–Crippen LogP) is -0.608. The summed E-state index contributed by atoms with van der Waals surface area (Å²) in [5, 5.41) is 20.3. The molecule has 1 aliphatic rings. The van der Waals surface area contributed by atoms with Gasteiger partial charge in [-0.05, 0) is 72.2 Å². The molecular formula is C21H15KN2O3. The van der Waals surface area contributed by atoms with E-state index in [4.69, 9.17) is 5.26 Å². The molecule has 3 aromatic rings. The number of carboxylic acid groups (broad SMARTS) is 1. The van der Waals surface area contributed by atoms with Crippen molar-refractivity contribution >= 4 is 11.5 Å². The van der Waals surface area contributed by atoms with Gasteiger partial charge in [0.2, 0.25) is 0 Å². The van der Waals surface area contributed by atoms with Crippen LogP contribution in [-0.2, 0) is 0 Å². The monoisotopic (exact) mass is 382 g/mol. The molecule has 0 unspecified atom stereocenters. The SMILES string of the molecule is Cc1c(-c2ccc(C#N)cc2)ccn2c(=O)c(C(=O)[O-])cc(C3CC3)c12.[K+]. The van der Waals surface area contributed by atoms with E-state index in [2.05, 4.69) is 6.07 Å². The number of rotatable bonds is 3. The van der Waals surface area contributed by atoms with Crippen molar-refractivity contribution in [3.05, 3.63) is 75.2 Å². The Bertz CT molecular complexity index is 1150. The zero-order valence-corrected chi connectivity index (χ0v) is 18.3. The van der Waals surface area contributed by atoms with Crippen molar-refractivity contribution in [3.8, 4) is 17.2 Å². The number of hydrogen-bond donors (Lipinski definition) is 0. The Morgan fingerprint density at radius 2 is 1.89 bits per heavy atom. The average Bonchev–Trinajstić information content (AvgIpc) is 3.47. The van der Waals surface area contributed by atoms with Crippen molar-refractivity contribution in [2.45, 2.75) is 25.7 Å². The number of carboxylic acids is 1. The minimum Gasteiger partial charge on any atom is -0.545 e. The van der Waals surface area contributed by atoms with Gasteiger partial charge < -0.3 is 9.90 Å². The molecule has 128 valence electrons. The Morgan fingerprint density at radius 3 is 2.44 bits per heavy atom. The molecule has 6 heteroatoms. The Morgan fingerprint density at radius 1 is 1.22 bits per heavy atom. The Hall–Kier alpha value is -1.75. The quantitative estimate of drug-likeness (QED) is 0.566. The molecule has 1 fully saturated rings. The van der Waals surface area contributed by atoms with Gasteiger partial charge in [0.05, 0.1) is 28.7 Å². The number of aromatic carboxylic acids is 1. The maximum atomic E-state index is 12.6. The van der Waals surface area contributed by atoms with E-state index in [9.17, 15) is 14.7 Å². The fourth-order valence-electron chi connectivity index (χ4n) is 3.49. The number of nitriles is 1. The van der Waals surface area contributed by atoms with E-state index >= 15 is 0 Å². The molecule has 0 spiro atoms. The van der Waals surface area contributed by atoms with Crippen LogP contribution in [0.25, 0.3) is 16.6 Å². The molecule has 27 heavy (non-hydrogen) atoms. The van der Waals surface area contributed by atoms with E-state index in [1.54, 1.807) is 24.4 Å². The van der Waals surface area contributed by atoms with Gasteiger partial charge in [-0.3, -0.25) is 9.20 Å². The summed E-state index contributed by atoms with van der Waals surface area (Å²) in [6.45, 7) is 1.94. The maximum absolute atomic E-state index is 12.6. The van der Waals surface area contributed by atoms with Gasteiger partial charge in [0.25, 0.3) is 5.56 Å². The van der Waals surface area contributed by atoms with Crippen LogP contribution in [-0.4, -0.2) is 10.4 Å². The largest absolute Gasteiger partial charge is 1.00 e. The minimum absolute atomic E-state index is 0. The summed E-state index contributed by atoms with van der Waals surface area (Å²) in [4.78, 5) is 23.9. The number of fused-ring (bicyclic) bond motifs is 1. The molecule has 1 aromatic carbocycles. The summed E-state index contributed by atoms with van der Waals surface area (Å²) in [6, 6.07) is 12.7. The smallest absolute Gasteiger partial charge is 0.545 e. The van der Waals surface area contributed by atoms with Gasteiger partial charge in [-0.25, -0.2) is 0 Å². The topological polar surface area (TPSA) is 85.4 Å². The van der Waals surface area contributed by atoms with Crippen molar-refractivity contribution in [1.82, 2.24) is 4.40 Å². The summed E-state index contributed by atoms with van der Waals surface area (Å²) in [7, 11) is 0. The zero-order valence-electron chi connectivity index (χ0n) is 15.2. The molecule has 0 atom stereocenters. The van der Waals surface area contributed by atoms with E-state index in [0.29, 0.717) is 5.56 Å². The van der Waals surface area contributed by atoms with Crippen LogP contribution in [0.3, 0.4) is 0 Å². The van der Waals surface area contributed by atoms with Crippen molar-refractivity contribution in [2.24, 2.45) is 0 Å². The van der Waals surface area contributed by atoms with Crippen LogP contribution < -0.4 is 62.1 Å². The first kappa shape index (κ1) is 20.0. The third-order valence-corrected chi connectivity index (χ3v) is 4.97. The van der Waals surface area contributed by atoms with E-state index in [-0.39, 0.29) is 62.9 Å². The van der Waals surface area contributed by atoms with Crippen LogP contribution in [0.4, 0.5) is 0 Å². The maximum Gasteiger partial charge on any atom is 1.00 e. The first-order valence-corrected chi connectivity index (χ1v) is 8.42. The van der Waals surface area contributed by atoms with E-state index in [0.717, 1.165) is 40.6 Å². The van der Waals surface area contributed by atoms with Crippen LogP contribution in [0.2, 0.25) is 0 Å². The number of aromatic nitrogens is 1. The van der Waals surface area contributed by atoms with E-state index in [1.165, 1.54) is 10.5 Å². The second-order valence-corrected chi connectivity index (χ2v) is 6.64. The molecule has 0 saturated heterocycles. The van der Waals surface area contributed by atoms with Crippen molar-refractivity contribution in [3.63, 3.8) is 0 Å². The molecule has 0 aliphatic heterocycles. The van der Waals surface area contributed by atoms with Gasteiger partial charge in [0, 0.05) is 6.20 Å². The molecule has 2 heterocycles. The second-order valence-electron chi connectivity index (χ2n) is 6.64. The molecule has 2 aromatic heterocycles. The Labute approximate surface area is 198 Å². The second kappa shape index (κ2) is 7.70. The average molecular weight is 382 g/mol. The van der Waals surface area contributed by atoms with Crippen LogP contribution in [0.5, 0.6) is 0 Å². The Balaban J connectivity index is 0.00000210. The fraction of sp³-hybridized carbons (Fsp3) is 0.190. The summed E-state index contributed by atoms with van der Waals surface area (Å²) in [5.41, 5.74) is 4.19. The molecule has 0 amide bonds. The molecule has 1 aliphatic carbocycles. The molecule has 0 bridgehead atoms. The minimum atomic E-state index is -1.44. The van der Waals surface area contributed by atoms with Gasteiger partial charge in [-0.2, -0.15) is 5.26 Å². The summed E-state index contributed by atoms with van der Waals surface area (Å²) >= 11 is 0. The molecule has 0 radical (unpaired) electrons. The predicted molar refractivity (Wildman–Crippen MR) is 94.9 cm³/mol. The zero-order chi connectivity index (χ0) is 18.4. The van der Waals surface area contributed by atoms with Crippen molar-refractivity contribution < 1.29 is 61.3 Å². The molecular weight excluding hydrogens is 367 g/mol. The summed E-state index contributed by atoms with van der Waals surface area (Å²) in [6.07, 6.45) is 3.60. The Kier molecular flexibility index (Phi) is 5.70. The van der Waals surface area contributed by atoms with Crippen LogP contribution in [0.15, 0.2) is 47.4 Å². The third-order valence-electron chi connectivity index (χ3n) is 4.97. The third kappa shape index (κ3) is 3.54. The summed E-state index contributed by atoms with van der Waals surface area (Å²) < 4.78 is 1.42. The van der Waals surface area contributed by atoms with Crippen molar-refractivity contribution in [2.75, 3.05) is 0 Å². The van der Waals surface area contributed by atoms with Crippen molar-refractivity contribution in [1.29, 1.82) is 5.26 Å². The number of nitrogens with zero attached hydrogens (tertiary/aromatic N) is 2. The van der Waals surface area contributed by atoms with Gasteiger partial charge in [-0.15, -0.1) is 0 Å². The van der Waals surface area contributed by atoms with Gasteiger partial charge in [-0.1, -0.05) is 12.1 Å². The summed E-state index contributed by atoms with van der Waals surface area (Å²) in [5.74, 6) is -1.17. The number of aryl methyl sites for hydroxylation is 1. The number of benzene rings is 1. The first-order chi connectivity index (χ1) is 12.5. The van der Waals surface area contributed by atoms with Crippen LogP contribution in [0, 0.1) is 18.3 Å². The van der Waals surface area contributed by atoms with Gasteiger partial charge in [0.15, 0.2) is 0 Å². The molecule has 5 nitrogen and oxygen atoms in total. The number of carbonyl (C=O) groups is 1. The molecule has 1 saturated carbocycles. The molecule has 4 rings (SSSR count). The molecule has 0 N–H and O–H groups in total. The van der Waals surface area contributed by atoms with E-state index in [1.807, 2.05) is 19.1 Å².